The van der Waals surface area contributed by atoms with Gasteiger partial charge < -0.3 is 4.74 Å². The van der Waals surface area contributed by atoms with Gasteiger partial charge in [0, 0.05) is 16.1 Å². The Hall–Kier alpha value is -1.42. The van der Waals surface area contributed by atoms with Crippen molar-refractivity contribution in [1.29, 1.82) is 0 Å². The van der Waals surface area contributed by atoms with Gasteiger partial charge in [-0.25, -0.2) is 4.79 Å². The number of fused-ring (bicyclic) bond motifs is 1. The Morgan fingerprint density at radius 2 is 2.12 bits per heavy atom. The van der Waals surface area contributed by atoms with Crippen LogP contribution in [0.15, 0.2) is 28.9 Å². The number of carbonyl (C=O) groups excluding carboxylic acids is 1. The zero-order chi connectivity index (χ0) is 11.7. The van der Waals surface area contributed by atoms with Crippen molar-refractivity contribution >= 4 is 32.8 Å². The third-order valence-electron chi connectivity index (χ3n) is 2.45. The van der Waals surface area contributed by atoms with Crippen LogP contribution in [0.5, 0.6) is 0 Å². The Balaban J connectivity index is 2.79. The van der Waals surface area contributed by atoms with E-state index in [0.29, 0.717) is 5.56 Å². The predicted octanol–water partition coefficient (Wildman–Crippen LogP) is 3.09. The van der Waals surface area contributed by atoms with Crippen molar-refractivity contribution in [3.05, 3.63) is 40.0 Å². The van der Waals surface area contributed by atoms with Gasteiger partial charge in [0.25, 0.3) is 0 Å². The van der Waals surface area contributed by atoms with Crippen LogP contribution in [0.25, 0.3) is 10.9 Å². The smallest absolute Gasteiger partial charge is 0.338 e. The average molecular weight is 280 g/mol. The first-order valence-corrected chi connectivity index (χ1v) is 5.56. The molecule has 0 amide bonds. The molecular weight excluding hydrogens is 270 g/mol. The highest BCUT2D eigenvalue weighted by atomic mass is 79.9. The van der Waals surface area contributed by atoms with Crippen LogP contribution in [0, 0.1) is 6.92 Å². The van der Waals surface area contributed by atoms with E-state index in [1.807, 2.05) is 19.1 Å². The summed E-state index contributed by atoms with van der Waals surface area (Å²) in [5, 5.41) is 0.798. The standard InChI is InChI=1S/C12H10BrNO2/c1-7-3-4-8-9(12(15)16-2)5-6-14-11(8)10(7)13/h3-6H,1-2H3. The molecule has 0 N–H and O–H groups in total. The molecule has 1 aromatic heterocycles. The van der Waals surface area contributed by atoms with Gasteiger partial charge >= 0.3 is 5.97 Å². The van der Waals surface area contributed by atoms with Crippen LogP contribution in [-0.2, 0) is 4.74 Å². The minimum atomic E-state index is -0.344. The van der Waals surface area contributed by atoms with Gasteiger partial charge in [-0.15, -0.1) is 0 Å². The summed E-state index contributed by atoms with van der Waals surface area (Å²) in [6.07, 6.45) is 1.61. The number of aryl methyl sites for hydroxylation is 1. The second-order valence-electron chi connectivity index (χ2n) is 3.44. The largest absolute Gasteiger partial charge is 0.465 e. The second kappa shape index (κ2) is 4.22. The molecule has 0 atom stereocenters. The molecule has 0 aliphatic heterocycles. The lowest BCUT2D eigenvalue weighted by Crippen LogP contribution is -2.02. The van der Waals surface area contributed by atoms with Crippen LogP contribution in [0.3, 0.4) is 0 Å². The van der Waals surface area contributed by atoms with E-state index in [1.165, 1.54) is 7.11 Å². The first-order valence-electron chi connectivity index (χ1n) is 4.77. The lowest BCUT2D eigenvalue weighted by Gasteiger charge is -2.06. The van der Waals surface area contributed by atoms with Crippen LogP contribution in [0.2, 0.25) is 0 Å². The SMILES string of the molecule is COC(=O)c1ccnc2c(Br)c(C)ccc12. The summed E-state index contributed by atoms with van der Waals surface area (Å²) >= 11 is 3.47. The van der Waals surface area contributed by atoms with Crippen LogP contribution in [0.4, 0.5) is 0 Å². The molecule has 2 aromatic rings. The summed E-state index contributed by atoms with van der Waals surface area (Å²) in [4.78, 5) is 15.8. The zero-order valence-corrected chi connectivity index (χ0v) is 10.5. The number of halogens is 1. The summed E-state index contributed by atoms with van der Waals surface area (Å²) in [6.45, 7) is 1.98. The van der Waals surface area contributed by atoms with Crippen molar-refractivity contribution in [1.82, 2.24) is 4.98 Å². The molecule has 1 heterocycles. The summed E-state index contributed by atoms with van der Waals surface area (Å²) in [5.74, 6) is -0.344. The molecule has 0 unspecified atom stereocenters. The van der Waals surface area contributed by atoms with E-state index in [1.54, 1.807) is 12.3 Å². The fraction of sp³-hybridized carbons (Fsp3) is 0.167. The molecule has 0 aliphatic rings. The zero-order valence-electron chi connectivity index (χ0n) is 8.95. The summed E-state index contributed by atoms with van der Waals surface area (Å²) in [6, 6.07) is 5.49. The van der Waals surface area contributed by atoms with Crippen LogP contribution in [0.1, 0.15) is 15.9 Å². The number of rotatable bonds is 1. The molecule has 4 heteroatoms. The quantitative estimate of drug-likeness (QED) is 0.753. The molecule has 0 fully saturated rings. The van der Waals surface area contributed by atoms with Crippen molar-refractivity contribution in [2.45, 2.75) is 6.92 Å². The van der Waals surface area contributed by atoms with Crippen molar-refractivity contribution in [2.75, 3.05) is 7.11 Å². The van der Waals surface area contributed by atoms with Crippen LogP contribution < -0.4 is 0 Å². The van der Waals surface area contributed by atoms with Gasteiger partial charge in [0.2, 0.25) is 0 Å². The Morgan fingerprint density at radius 3 is 2.81 bits per heavy atom. The topological polar surface area (TPSA) is 39.2 Å². The first kappa shape index (κ1) is 11.1. The molecule has 0 aliphatic carbocycles. The van der Waals surface area contributed by atoms with Crippen molar-refractivity contribution in [3.8, 4) is 0 Å². The first-order chi connectivity index (χ1) is 7.65. The maximum absolute atomic E-state index is 11.6. The van der Waals surface area contributed by atoms with Gasteiger partial charge in [0.15, 0.2) is 0 Å². The summed E-state index contributed by atoms with van der Waals surface area (Å²) < 4.78 is 5.65. The minimum Gasteiger partial charge on any atom is -0.465 e. The number of aromatic nitrogens is 1. The molecular formula is C12H10BrNO2. The van der Waals surface area contributed by atoms with Gasteiger partial charge in [-0.05, 0) is 34.5 Å². The van der Waals surface area contributed by atoms with Gasteiger partial charge in [0.1, 0.15) is 0 Å². The Kier molecular flexibility index (Phi) is 2.92. The lowest BCUT2D eigenvalue weighted by molar-refractivity contribution is 0.0603. The van der Waals surface area contributed by atoms with Crippen molar-refractivity contribution in [2.24, 2.45) is 0 Å². The molecule has 2 rings (SSSR count). The van der Waals surface area contributed by atoms with Gasteiger partial charge in [-0.2, -0.15) is 0 Å². The fourth-order valence-electron chi connectivity index (χ4n) is 1.57. The van der Waals surface area contributed by atoms with Crippen molar-refractivity contribution in [3.63, 3.8) is 0 Å². The highest BCUT2D eigenvalue weighted by molar-refractivity contribution is 9.10. The maximum atomic E-state index is 11.6. The van der Waals surface area contributed by atoms with Crippen molar-refractivity contribution < 1.29 is 9.53 Å². The molecule has 0 saturated heterocycles. The number of hydrogen-bond acceptors (Lipinski definition) is 3. The maximum Gasteiger partial charge on any atom is 0.338 e. The third-order valence-corrected chi connectivity index (χ3v) is 3.45. The van der Waals surface area contributed by atoms with E-state index in [2.05, 4.69) is 20.9 Å². The average Bonchev–Trinajstić information content (AvgIpc) is 2.32. The van der Waals surface area contributed by atoms with Gasteiger partial charge in [-0.3, -0.25) is 4.98 Å². The van der Waals surface area contributed by atoms with E-state index in [0.717, 1.165) is 20.9 Å². The van der Waals surface area contributed by atoms with E-state index in [9.17, 15) is 4.79 Å². The lowest BCUT2D eigenvalue weighted by atomic mass is 10.1. The summed E-state index contributed by atoms with van der Waals surface area (Å²) in [7, 11) is 1.37. The molecule has 0 spiro atoms. The number of methoxy groups -OCH3 is 1. The number of ether oxygens (including phenoxy) is 1. The van der Waals surface area contributed by atoms with E-state index in [4.69, 9.17) is 4.74 Å². The van der Waals surface area contributed by atoms with E-state index >= 15 is 0 Å². The van der Waals surface area contributed by atoms with Crippen LogP contribution in [-0.4, -0.2) is 18.1 Å². The predicted molar refractivity (Wildman–Crippen MR) is 65.5 cm³/mol. The molecule has 16 heavy (non-hydrogen) atoms. The second-order valence-corrected chi connectivity index (χ2v) is 4.24. The number of carbonyl (C=O) groups is 1. The minimum absolute atomic E-state index is 0.344. The highest BCUT2D eigenvalue weighted by Gasteiger charge is 2.12. The molecule has 82 valence electrons. The third kappa shape index (κ3) is 1.69. The molecule has 0 saturated carbocycles. The Bertz CT molecular complexity index is 566. The van der Waals surface area contributed by atoms with Gasteiger partial charge in [-0.1, -0.05) is 12.1 Å². The van der Waals surface area contributed by atoms with E-state index < -0.39 is 0 Å². The fourth-order valence-corrected chi connectivity index (χ4v) is 2.02. The Morgan fingerprint density at radius 1 is 1.38 bits per heavy atom. The molecule has 3 nitrogen and oxygen atoms in total. The monoisotopic (exact) mass is 279 g/mol. The highest BCUT2D eigenvalue weighted by Crippen LogP contribution is 2.27. The molecule has 0 radical (unpaired) electrons. The number of benzene rings is 1. The number of esters is 1. The normalized spacial score (nSPS) is 10.4. The molecule has 1 aromatic carbocycles. The van der Waals surface area contributed by atoms with E-state index in [-0.39, 0.29) is 5.97 Å². The summed E-state index contributed by atoms with van der Waals surface area (Å²) in [5.41, 5.74) is 2.40. The number of nitrogens with zero attached hydrogens (tertiary/aromatic N) is 1. The molecule has 0 bridgehead atoms. The van der Waals surface area contributed by atoms with Gasteiger partial charge in [0.05, 0.1) is 18.2 Å². The van der Waals surface area contributed by atoms with Crippen LogP contribution >= 0.6 is 15.9 Å². The Labute approximate surface area is 102 Å². The number of pyridine rings is 1. The number of hydrogen-bond donors (Lipinski definition) is 0.